The molecule has 0 saturated carbocycles. The van der Waals surface area contributed by atoms with Gasteiger partial charge in [0.2, 0.25) is 0 Å². The third-order valence-electron chi connectivity index (χ3n) is 11.7. The highest BCUT2D eigenvalue weighted by Gasteiger charge is 2.35. The number of furan rings is 1. The summed E-state index contributed by atoms with van der Waals surface area (Å²) in [4.78, 5) is 15.3. The van der Waals surface area contributed by atoms with Gasteiger partial charge in [0.15, 0.2) is 17.5 Å². The summed E-state index contributed by atoms with van der Waals surface area (Å²) in [7, 11) is 0. The van der Waals surface area contributed by atoms with Gasteiger partial charge in [0, 0.05) is 32.9 Å². The highest BCUT2D eigenvalue weighted by atomic mass is 16.3. The molecule has 0 fully saturated rings. The van der Waals surface area contributed by atoms with Crippen molar-refractivity contribution in [1.82, 2.24) is 15.0 Å². The van der Waals surface area contributed by atoms with E-state index in [0.29, 0.717) is 17.5 Å². The van der Waals surface area contributed by atoms with Crippen molar-refractivity contribution in [3.05, 3.63) is 199 Å². The summed E-state index contributed by atoms with van der Waals surface area (Å²) in [6.07, 6.45) is 0. The van der Waals surface area contributed by atoms with E-state index in [4.69, 9.17) is 19.4 Å². The van der Waals surface area contributed by atoms with Crippen molar-refractivity contribution in [2.75, 3.05) is 0 Å². The first-order chi connectivity index (χ1) is 28.5. The first-order valence-electron chi connectivity index (χ1n) is 19.8. The lowest BCUT2D eigenvalue weighted by atomic mass is 9.82. The minimum absolute atomic E-state index is 0.0827. The van der Waals surface area contributed by atoms with Crippen molar-refractivity contribution in [3.8, 4) is 78.7 Å². The number of nitrogens with zero attached hydrogens (tertiary/aromatic N) is 3. The predicted molar refractivity (Wildman–Crippen MR) is 237 cm³/mol. The lowest BCUT2D eigenvalue weighted by Gasteiger charge is -2.21. The second-order valence-electron chi connectivity index (χ2n) is 15.6. The fourth-order valence-electron chi connectivity index (χ4n) is 8.79. The Morgan fingerprint density at radius 3 is 1.53 bits per heavy atom. The van der Waals surface area contributed by atoms with Crippen LogP contribution in [0, 0.1) is 0 Å². The maximum absolute atomic E-state index is 6.67. The van der Waals surface area contributed by atoms with Gasteiger partial charge in [-0.2, -0.15) is 0 Å². The molecule has 0 spiro atoms. The molecule has 10 aromatic rings. The van der Waals surface area contributed by atoms with Gasteiger partial charge in [0.1, 0.15) is 11.2 Å². The first-order valence-corrected chi connectivity index (χ1v) is 19.8. The lowest BCUT2D eigenvalue weighted by Crippen LogP contribution is -2.14. The zero-order valence-electron chi connectivity index (χ0n) is 32.1. The second kappa shape index (κ2) is 13.4. The smallest absolute Gasteiger partial charge is 0.164 e. The quantitative estimate of drug-likeness (QED) is 0.170. The van der Waals surface area contributed by atoms with E-state index in [1.807, 2.05) is 30.3 Å². The molecule has 58 heavy (non-hydrogen) atoms. The highest BCUT2D eigenvalue weighted by Crippen LogP contribution is 2.49. The van der Waals surface area contributed by atoms with Crippen LogP contribution < -0.4 is 0 Å². The van der Waals surface area contributed by atoms with Crippen LogP contribution in [-0.2, 0) is 5.41 Å². The Morgan fingerprint density at radius 1 is 0.345 bits per heavy atom. The standard InChI is InChI=1S/C54H37N3O/c1-54(2)46-23-13-12-21-43(46)45-32-37(26-28-47(45)54)52-55-51(36-19-10-5-11-20-36)56-53(57-52)38-25-27-44-49(33-38)58-48-24-14-22-42(50(44)48)41-30-39(34-15-6-3-7-16-34)29-40(31-41)35-17-8-4-9-18-35/h3-33H,1-2H3. The van der Waals surface area contributed by atoms with E-state index in [2.05, 4.69) is 172 Å². The largest absolute Gasteiger partial charge is 0.456 e. The van der Waals surface area contributed by atoms with E-state index in [1.54, 1.807) is 0 Å². The van der Waals surface area contributed by atoms with Crippen molar-refractivity contribution >= 4 is 21.9 Å². The molecule has 1 aliphatic rings. The molecule has 274 valence electrons. The molecule has 4 nitrogen and oxygen atoms in total. The topological polar surface area (TPSA) is 51.8 Å². The molecule has 0 N–H and O–H groups in total. The molecule has 0 radical (unpaired) electrons. The number of benzene rings is 8. The van der Waals surface area contributed by atoms with Crippen LogP contribution >= 0.6 is 0 Å². The average Bonchev–Trinajstić information content (AvgIpc) is 3.78. The summed E-state index contributed by atoms with van der Waals surface area (Å²) < 4.78 is 6.67. The van der Waals surface area contributed by atoms with Gasteiger partial charge in [-0.3, -0.25) is 0 Å². The number of fused-ring (bicyclic) bond motifs is 6. The fourth-order valence-corrected chi connectivity index (χ4v) is 8.79. The van der Waals surface area contributed by atoms with Crippen molar-refractivity contribution in [2.24, 2.45) is 0 Å². The van der Waals surface area contributed by atoms with E-state index in [1.165, 1.54) is 44.5 Å². The minimum atomic E-state index is -0.0827. The molecular weight excluding hydrogens is 707 g/mol. The summed E-state index contributed by atoms with van der Waals surface area (Å²) in [5, 5.41) is 2.12. The van der Waals surface area contributed by atoms with E-state index in [0.717, 1.165) is 49.8 Å². The van der Waals surface area contributed by atoms with Crippen LogP contribution in [0.4, 0.5) is 0 Å². The van der Waals surface area contributed by atoms with E-state index in [9.17, 15) is 0 Å². The molecule has 8 aromatic carbocycles. The van der Waals surface area contributed by atoms with Crippen LogP contribution in [0.15, 0.2) is 192 Å². The molecule has 4 heteroatoms. The zero-order valence-corrected chi connectivity index (χ0v) is 32.1. The number of aromatic nitrogens is 3. The summed E-state index contributed by atoms with van der Waals surface area (Å²) in [6, 6.07) is 66.2. The van der Waals surface area contributed by atoms with Gasteiger partial charge in [-0.25, -0.2) is 15.0 Å². The molecule has 0 unspecified atom stereocenters. The number of hydrogen-bond acceptors (Lipinski definition) is 4. The molecule has 0 amide bonds. The van der Waals surface area contributed by atoms with Gasteiger partial charge < -0.3 is 4.42 Å². The molecule has 1 aliphatic carbocycles. The molecular formula is C54H37N3O. The molecule has 0 aliphatic heterocycles. The predicted octanol–water partition coefficient (Wildman–Crippen LogP) is 14.1. The van der Waals surface area contributed by atoms with Crippen molar-refractivity contribution < 1.29 is 4.42 Å². The van der Waals surface area contributed by atoms with Crippen molar-refractivity contribution in [1.29, 1.82) is 0 Å². The third-order valence-corrected chi connectivity index (χ3v) is 11.7. The maximum atomic E-state index is 6.67. The van der Waals surface area contributed by atoms with Crippen molar-refractivity contribution in [2.45, 2.75) is 19.3 Å². The molecule has 0 saturated heterocycles. The SMILES string of the molecule is CC1(C)c2ccccc2-c2cc(-c3nc(-c4ccccc4)nc(-c4ccc5c(c4)oc4cccc(-c6cc(-c7ccccc7)cc(-c7ccccc7)c6)c45)n3)ccc21. The monoisotopic (exact) mass is 743 g/mol. The first kappa shape index (κ1) is 33.9. The molecule has 11 rings (SSSR count). The summed E-state index contributed by atoms with van der Waals surface area (Å²) in [5.74, 6) is 1.85. The molecule has 0 atom stereocenters. The Kier molecular flexibility index (Phi) is 7.80. The second-order valence-corrected chi connectivity index (χ2v) is 15.6. The van der Waals surface area contributed by atoms with Gasteiger partial charge in [-0.15, -0.1) is 0 Å². The highest BCUT2D eigenvalue weighted by molar-refractivity contribution is 6.13. The Bertz CT molecular complexity index is 3130. The Labute approximate surface area is 337 Å². The van der Waals surface area contributed by atoms with Crippen LogP contribution in [0.25, 0.3) is 101 Å². The third kappa shape index (κ3) is 5.64. The van der Waals surface area contributed by atoms with Gasteiger partial charge >= 0.3 is 0 Å². The van der Waals surface area contributed by atoms with Crippen molar-refractivity contribution in [3.63, 3.8) is 0 Å². The Hall–Kier alpha value is -7.43. The van der Waals surface area contributed by atoms with Gasteiger partial charge in [-0.05, 0) is 98.1 Å². The summed E-state index contributed by atoms with van der Waals surface area (Å²) in [6.45, 7) is 4.60. The summed E-state index contributed by atoms with van der Waals surface area (Å²) >= 11 is 0. The fraction of sp³-hybridized carbons (Fsp3) is 0.0556. The van der Waals surface area contributed by atoms with Crippen LogP contribution in [0.2, 0.25) is 0 Å². The zero-order chi connectivity index (χ0) is 38.8. The maximum Gasteiger partial charge on any atom is 0.164 e. The van der Waals surface area contributed by atoms with E-state index in [-0.39, 0.29) is 5.41 Å². The molecule has 2 heterocycles. The van der Waals surface area contributed by atoms with Crippen LogP contribution in [0.3, 0.4) is 0 Å². The van der Waals surface area contributed by atoms with Gasteiger partial charge in [0.05, 0.1) is 0 Å². The van der Waals surface area contributed by atoms with E-state index < -0.39 is 0 Å². The Morgan fingerprint density at radius 2 is 0.862 bits per heavy atom. The summed E-state index contributed by atoms with van der Waals surface area (Å²) in [5.41, 5.74) is 16.4. The molecule has 2 aromatic heterocycles. The Balaban J connectivity index is 1.05. The number of rotatable bonds is 6. The lowest BCUT2D eigenvalue weighted by molar-refractivity contribution is 0.660. The van der Waals surface area contributed by atoms with Crippen LogP contribution in [-0.4, -0.2) is 15.0 Å². The number of hydrogen-bond donors (Lipinski definition) is 0. The normalized spacial score (nSPS) is 12.8. The van der Waals surface area contributed by atoms with Gasteiger partial charge in [-0.1, -0.05) is 159 Å². The van der Waals surface area contributed by atoms with Crippen LogP contribution in [0.5, 0.6) is 0 Å². The average molecular weight is 744 g/mol. The molecule has 0 bridgehead atoms. The van der Waals surface area contributed by atoms with Gasteiger partial charge in [0.25, 0.3) is 0 Å². The minimum Gasteiger partial charge on any atom is -0.456 e. The van der Waals surface area contributed by atoms with E-state index >= 15 is 0 Å². The van der Waals surface area contributed by atoms with Crippen LogP contribution in [0.1, 0.15) is 25.0 Å².